The second-order valence-electron chi connectivity index (χ2n) is 6.33. The van der Waals surface area contributed by atoms with Crippen LogP contribution in [0.1, 0.15) is 26.3 Å². The van der Waals surface area contributed by atoms with E-state index in [2.05, 4.69) is 0 Å². The summed E-state index contributed by atoms with van der Waals surface area (Å²) in [7, 11) is 2.81. The first-order chi connectivity index (χ1) is 13.8. The molecule has 0 bridgehead atoms. The lowest BCUT2D eigenvalue weighted by Crippen LogP contribution is -2.16. The maximum absolute atomic E-state index is 13.6. The van der Waals surface area contributed by atoms with Crippen LogP contribution in [-0.2, 0) is 4.74 Å². The molecule has 5 nitrogen and oxygen atoms in total. The third-order valence-electron chi connectivity index (χ3n) is 4.49. The first-order valence-corrected chi connectivity index (χ1v) is 8.63. The minimum atomic E-state index is -1.01. The van der Waals surface area contributed by atoms with Crippen molar-refractivity contribution in [1.29, 1.82) is 0 Å². The normalized spacial score (nSPS) is 10.5. The van der Waals surface area contributed by atoms with E-state index in [1.807, 2.05) is 0 Å². The highest BCUT2D eigenvalue weighted by molar-refractivity contribution is 6.11. The summed E-state index contributed by atoms with van der Waals surface area (Å²) in [6.45, 7) is 0. The lowest BCUT2D eigenvalue weighted by Gasteiger charge is -2.22. The molecule has 3 aromatic carbocycles. The molecule has 0 saturated heterocycles. The lowest BCUT2D eigenvalue weighted by molar-refractivity contribution is 0.0601. The SMILES string of the molecule is COC(=O)c1cc(C(=O)c2ccc(N)cc2)ccc1N(C)c1ccc(F)c(F)c1. The largest absolute Gasteiger partial charge is 0.465 e. The van der Waals surface area contributed by atoms with Crippen LogP contribution < -0.4 is 10.6 Å². The van der Waals surface area contributed by atoms with Crippen LogP contribution in [0.2, 0.25) is 0 Å². The summed E-state index contributed by atoms with van der Waals surface area (Å²) >= 11 is 0. The van der Waals surface area contributed by atoms with Gasteiger partial charge in [0.05, 0.1) is 18.4 Å². The van der Waals surface area contributed by atoms with Gasteiger partial charge in [-0.15, -0.1) is 0 Å². The van der Waals surface area contributed by atoms with E-state index in [9.17, 15) is 18.4 Å². The monoisotopic (exact) mass is 396 g/mol. The summed E-state index contributed by atoms with van der Waals surface area (Å²) in [5.41, 5.74) is 7.67. The number of carbonyl (C=O) groups excluding carboxylic acids is 2. The van der Waals surface area contributed by atoms with Crippen LogP contribution in [0.25, 0.3) is 0 Å². The van der Waals surface area contributed by atoms with Crippen molar-refractivity contribution in [3.05, 3.63) is 89.0 Å². The molecular formula is C22H18F2N2O3. The molecule has 3 aromatic rings. The molecule has 0 aliphatic heterocycles. The second kappa shape index (κ2) is 8.10. The summed E-state index contributed by atoms with van der Waals surface area (Å²) in [5, 5.41) is 0. The van der Waals surface area contributed by atoms with Gasteiger partial charge in [0, 0.05) is 35.6 Å². The second-order valence-corrected chi connectivity index (χ2v) is 6.33. The van der Waals surface area contributed by atoms with Crippen molar-refractivity contribution in [2.45, 2.75) is 0 Å². The zero-order valence-electron chi connectivity index (χ0n) is 15.8. The molecule has 0 spiro atoms. The smallest absolute Gasteiger partial charge is 0.340 e. The third kappa shape index (κ3) is 4.08. The highest BCUT2D eigenvalue weighted by Gasteiger charge is 2.20. The quantitative estimate of drug-likeness (QED) is 0.395. The average molecular weight is 396 g/mol. The van der Waals surface area contributed by atoms with E-state index < -0.39 is 17.6 Å². The van der Waals surface area contributed by atoms with Crippen molar-refractivity contribution in [2.75, 3.05) is 24.8 Å². The maximum atomic E-state index is 13.6. The van der Waals surface area contributed by atoms with Gasteiger partial charge in [0.2, 0.25) is 0 Å². The Hall–Kier alpha value is -3.74. The van der Waals surface area contributed by atoms with Crippen LogP contribution in [0, 0.1) is 11.6 Å². The number of halogens is 2. The van der Waals surface area contributed by atoms with Gasteiger partial charge in [0.15, 0.2) is 17.4 Å². The van der Waals surface area contributed by atoms with Crippen LogP contribution in [-0.4, -0.2) is 25.9 Å². The molecule has 0 aliphatic rings. The lowest BCUT2D eigenvalue weighted by atomic mass is 9.99. The zero-order valence-corrected chi connectivity index (χ0v) is 15.8. The van der Waals surface area contributed by atoms with E-state index in [0.29, 0.717) is 22.6 Å². The Morgan fingerprint density at radius 2 is 1.55 bits per heavy atom. The summed E-state index contributed by atoms with van der Waals surface area (Å²) < 4.78 is 31.7. The van der Waals surface area contributed by atoms with Crippen LogP contribution in [0.3, 0.4) is 0 Å². The van der Waals surface area contributed by atoms with Crippen molar-refractivity contribution in [1.82, 2.24) is 0 Å². The first-order valence-electron chi connectivity index (χ1n) is 8.63. The van der Waals surface area contributed by atoms with Crippen molar-refractivity contribution < 1.29 is 23.1 Å². The average Bonchev–Trinajstić information content (AvgIpc) is 2.74. The number of rotatable bonds is 5. The first kappa shape index (κ1) is 20.0. The van der Waals surface area contributed by atoms with E-state index in [1.165, 1.54) is 24.1 Å². The van der Waals surface area contributed by atoms with E-state index in [4.69, 9.17) is 10.5 Å². The number of ketones is 1. The number of ether oxygens (including phenoxy) is 1. The minimum absolute atomic E-state index is 0.112. The van der Waals surface area contributed by atoms with Gasteiger partial charge in [0.1, 0.15) is 0 Å². The molecule has 148 valence electrons. The van der Waals surface area contributed by atoms with Crippen LogP contribution >= 0.6 is 0 Å². The molecular weight excluding hydrogens is 378 g/mol. The Kier molecular flexibility index (Phi) is 5.59. The van der Waals surface area contributed by atoms with Gasteiger partial charge in [-0.2, -0.15) is 0 Å². The van der Waals surface area contributed by atoms with Crippen molar-refractivity contribution in [2.24, 2.45) is 0 Å². The molecule has 29 heavy (non-hydrogen) atoms. The van der Waals surface area contributed by atoms with Crippen LogP contribution in [0.15, 0.2) is 60.7 Å². The number of nitrogen functional groups attached to an aromatic ring is 1. The van der Waals surface area contributed by atoms with Gasteiger partial charge < -0.3 is 15.4 Å². The van der Waals surface area contributed by atoms with Crippen LogP contribution in [0.4, 0.5) is 25.8 Å². The number of nitrogens with zero attached hydrogens (tertiary/aromatic N) is 1. The van der Waals surface area contributed by atoms with Gasteiger partial charge in [0.25, 0.3) is 0 Å². The van der Waals surface area contributed by atoms with Crippen molar-refractivity contribution >= 4 is 28.8 Å². The molecule has 0 fully saturated rings. The minimum Gasteiger partial charge on any atom is -0.465 e. The van der Waals surface area contributed by atoms with Crippen LogP contribution in [0.5, 0.6) is 0 Å². The van der Waals surface area contributed by atoms with E-state index >= 15 is 0 Å². The topological polar surface area (TPSA) is 72.6 Å². The molecule has 0 aliphatic carbocycles. The van der Waals surface area contributed by atoms with Gasteiger partial charge >= 0.3 is 5.97 Å². The highest BCUT2D eigenvalue weighted by atomic mass is 19.2. The van der Waals surface area contributed by atoms with Gasteiger partial charge in [-0.25, -0.2) is 13.6 Å². The molecule has 3 rings (SSSR count). The standard InChI is InChI=1S/C22H18F2N2O3/c1-26(16-8-9-18(23)19(24)12-16)20-10-5-14(11-17(20)22(28)29-2)21(27)13-3-6-15(25)7-4-13/h3-12H,25H2,1-2H3. The number of esters is 1. The third-order valence-corrected chi connectivity index (χ3v) is 4.49. The summed E-state index contributed by atoms with van der Waals surface area (Å²) in [6, 6.07) is 14.3. The van der Waals surface area contributed by atoms with Gasteiger partial charge in [-0.05, 0) is 54.6 Å². The molecule has 0 saturated carbocycles. The Balaban J connectivity index is 2.04. The number of anilines is 3. The summed E-state index contributed by atoms with van der Waals surface area (Å²) in [5.74, 6) is -2.94. The Morgan fingerprint density at radius 1 is 0.897 bits per heavy atom. The van der Waals surface area contributed by atoms with Crippen molar-refractivity contribution in [3.8, 4) is 0 Å². The molecule has 0 atom stereocenters. The Morgan fingerprint density at radius 3 is 2.17 bits per heavy atom. The number of benzene rings is 3. The van der Waals surface area contributed by atoms with E-state index in [-0.39, 0.29) is 16.9 Å². The fourth-order valence-corrected chi connectivity index (χ4v) is 2.88. The number of hydrogen-bond acceptors (Lipinski definition) is 5. The predicted octanol–water partition coefficient (Wildman–Crippen LogP) is 4.33. The predicted molar refractivity (Wildman–Crippen MR) is 106 cm³/mol. The number of hydrogen-bond donors (Lipinski definition) is 1. The van der Waals surface area contributed by atoms with Crippen molar-refractivity contribution in [3.63, 3.8) is 0 Å². The number of methoxy groups -OCH3 is 1. The fourth-order valence-electron chi connectivity index (χ4n) is 2.88. The molecule has 7 heteroatoms. The molecule has 0 heterocycles. The molecule has 0 unspecified atom stereocenters. The molecule has 2 N–H and O–H groups in total. The number of nitrogens with two attached hydrogens (primary N) is 1. The molecule has 0 amide bonds. The fraction of sp³-hybridized carbons (Fsp3) is 0.0909. The zero-order chi connectivity index (χ0) is 21.1. The number of carbonyl (C=O) groups is 2. The van der Waals surface area contributed by atoms with E-state index in [1.54, 1.807) is 43.4 Å². The highest BCUT2D eigenvalue weighted by Crippen LogP contribution is 2.30. The van der Waals surface area contributed by atoms with Gasteiger partial charge in [-0.3, -0.25) is 4.79 Å². The van der Waals surface area contributed by atoms with Gasteiger partial charge in [-0.1, -0.05) is 0 Å². The maximum Gasteiger partial charge on any atom is 0.340 e. The van der Waals surface area contributed by atoms with E-state index in [0.717, 1.165) is 12.1 Å². The Bertz CT molecular complexity index is 1080. The Labute approximate surface area is 166 Å². The summed E-state index contributed by atoms with van der Waals surface area (Å²) in [4.78, 5) is 26.6. The summed E-state index contributed by atoms with van der Waals surface area (Å²) in [6.07, 6.45) is 0. The molecule has 0 radical (unpaired) electrons. The molecule has 0 aromatic heterocycles.